The summed E-state index contributed by atoms with van der Waals surface area (Å²) in [6, 6.07) is 1.12. The highest BCUT2D eigenvalue weighted by atomic mass is 19.4. The van der Waals surface area contributed by atoms with Crippen molar-refractivity contribution in [3.63, 3.8) is 0 Å². The molecule has 0 rings (SSSR count). The second kappa shape index (κ2) is 5.07. The number of hydrogen-bond acceptors (Lipinski definition) is 2. The molecule has 0 aliphatic heterocycles. The Morgan fingerprint density at radius 2 is 2.00 bits per heavy atom. The third kappa shape index (κ3) is 5.47. The van der Waals surface area contributed by atoms with Crippen molar-refractivity contribution in [3.05, 3.63) is 0 Å². The van der Waals surface area contributed by atoms with E-state index in [1.54, 1.807) is 13.0 Å². The largest absolute Gasteiger partial charge is 0.401 e. The molecule has 2 nitrogen and oxygen atoms in total. The van der Waals surface area contributed by atoms with Crippen molar-refractivity contribution in [1.82, 2.24) is 4.90 Å². The van der Waals surface area contributed by atoms with Gasteiger partial charge in [0.05, 0.1) is 18.7 Å². The molecule has 76 valence electrons. The Morgan fingerprint density at radius 3 is 2.31 bits per heavy atom. The molecular formula is C8H13F3N2. The summed E-state index contributed by atoms with van der Waals surface area (Å²) in [5, 5.41) is 8.47. The van der Waals surface area contributed by atoms with Crippen LogP contribution < -0.4 is 0 Å². The summed E-state index contributed by atoms with van der Waals surface area (Å²) in [5.41, 5.74) is 0. The predicted molar refractivity (Wildman–Crippen MR) is 43.0 cm³/mol. The summed E-state index contributed by atoms with van der Waals surface area (Å²) >= 11 is 0. The number of nitriles is 1. The van der Waals surface area contributed by atoms with Gasteiger partial charge in [-0.3, -0.25) is 4.90 Å². The maximum Gasteiger partial charge on any atom is 0.401 e. The zero-order chi connectivity index (χ0) is 10.5. The Bertz CT molecular complexity index is 183. The quantitative estimate of drug-likeness (QED) is 0.685. The third-order valence-electron chi connectivity index (χ3n) is 1.63. The van der Waals surface area contributed by atoms with Crippen LogP contribution >= 0.6 is 0 Å². The molecule has 5 heteroatoms. The summed E-state index contributed by atoms with van der Waals surface area (Å²) in [5.74, 6) is 0. The molecule has 0 saturated heterocycles. The lowest BCUT2D eigenvalue weighted by molar-refractivity contribution is -0.148. The van der Waals surface area contributed by atoms with E-state index in [2.05, 4.69) is 0 Å². The fourth-order valence-electron chi connectivity index (χ4n) is 1.01. The van der Waals surface area contributed by atoms with Gasteiger partial charge in [0, 0.05) is 0 Å². The molecule has 0 aromatic rings. The topological polar surface area (TPSA) is 27.0 Å². The van der Waals surface area contributed by atoms with Crippen LogP contribution in [0.3, 0.4) is 0 Å². The molecule has 0 spiro atoms. The van der Waals surface area contributed by atoms with Gasteiger partial charge in [-0.25, -0.2) is 0 Å². The first-order chi connectivity index (χ1) is 5.90. The first kappa shape index (κ1) is 12.2. The lowest BCUT2D eigenvalue weighted by Crippen LogP contribution is -2.40. The Hall–Kier alpha value is -0.760. The summed E-state index contributed by atoms with van der Waals surface area (Å²) < 4.78 is 35.9. The van der Waals surface area contributed by atoms with Crippen LogP contribution in [0.5, 0.6) is 0 Å². The van der Waals surface area contributed by atoms with Crippen LogP contribution in [0.4, 0.5) is 13.2 Å². The second-order valence-electron chi connectivity index (χ2n) is 2.89. The minimum Gasteiger partial charge on any atom is -0.280 e. The van der Waals surface area contributed by atoms with Crippen molar-refractivity contribution in [2.45, 2.75) is 32.5 Å². The second-order valence-corrected chi connectivity index (χ2v) is 2.89. The Labute approximate surface area is 75.9 Å². The van der Waals surface area contributed by atoms with Crippen molar-refractivity contribution in [2.24, 2.45) is 0 Å². The van der Waals surface area contributed by atoms with E-state index in [-0.39, 0.29) is 0 Å². The molecule has 0 N–H and O–H groups in total. The van der Waals surface area contributed by atoms with Gasteiger partial charge >= 0.3 is 6.18 Å². The molecule has 13 heavy (non-hydrogen) atoms. The van der Waals surface area contributed by atoms with Gasteiger partial charge < -0.3 is 0 Å². The molecule has 0 fully saturated rings. The highest BCUT2D eigenvalue weighted by Crippen LogP contribution is 2.17. The average molecular weight is 194 g/mol. The molecule has 0 saturated carbocycles. The lowest BCUT2D eigenvalue weighted by Gasteiger charge is -2.24. The molecule has 0 bridgehead atoms. The lowest BCUT2D eigenvalue weighted by atomic mass is 10.3. The predicted octanol–water partition coefficient (Wildman–Crippen LogP) is 2.17. The Morgan fingerprint density at radius 1 is 1.46 bits per heavy atom. The average Bonchev–Trinajstić information content (AvgIpc) is 2.00. The van der Waals surface area contributed by atoms with Crippen LogP contribution in [-0.4, -0.2) is 30.2 Å². The van der Waals surface area contributed by atoms with E-state index < -0.39 is 18.8 Å². The zero-order valence-corrected chi connectivity index (χ0v) is 7.73. The van der Waals surface area contributed by atoms with Crippen molar-refractivity contribution >= 4 is 0 Å². The van der Waals surface area contributed by atoms with E-state index in [0.29, 0.717) is 13.0 Å². The van der Waals surface area contributed by atoms with E-state index >= 15 is 0 Å². The first-order valence-electron chi connectivity index (χ1n) is 4.11. The molecule has 0 radical (unpaired) electrons. The molecule has 0 amide bonds. The van der Waals surface area contributed by atoms with Crippen LogP contribution in [0.25, 0.3) is 0 Å². The van der Waals surface area contributed by atoms with Gasteiger partial charge in [-0.1, -0.05) is 6.92 Å². The van der Waals surface area contributed by atoms with Gasteiger partial charge in [0.25, 0.3) is 0 Å². The van der Waals surface area contributed by atoms with Crippen molar-refractivity contribution < 1.29 is 13.2 Å². The Balaban J connectivity index is 4.19. The van der Waals surface area contributed by atoms with Crippen LogP contribution in [-0.2, 0) is 0 Å². The minimum absolute atomic E-state index is 0.300. The van der Waals surface area contributed by atoms with Crippen molar-refractivity contribution in [1.29, 1.82) is 5.26 Å². The standard InChI is InChI=1S/C8H13F3N2/c1-3-4-13(7(2)5-12)6-8(9,10)11/h7H,3-4,6H2,1-2H3. The number of alkyl halides is 3. The molecular weight excluding hydrogens is 181 g/mol. The summed E-state index contributed by atoms with van der Waals surface area (Å²) in [6.45, 7) is 2.55. The van der Waals surface area contributed by atoms with Gasteiger partial charge in [0.1, 0.15) is 0 Å². The highest BCUT2D eigenvalue weighted by Gasteiger charge is 2.32. The number of hydrogen-bond donors (Lipinski definition) is 0. The smallest absolute Gasteiger partial charge is 0.280 e. The number of halogens is 3. The minimum atomic E-state index is -4.22. The maximum absolute atomic E-state index is 12.0. The van der Waals surface area contributed by atoms with Crippen molar-refractivity contribution in [2.75, 3.05) is 13.1 Å². The fourth-order valence-corrected chi connectivity index (χ4v) is 1.01. The highest BCUT2D eigenvalue weighted by molar-refractivity contribution is 4.88. The van der Waals surface area contributed by atoms with Crippen LogP contribution in [0.1, 0.15) is 20.3 Å². The van der Waals surface area contributed by atoms with Gasteiger partial charge in [-0.05, 0) is 19.9 Å². The van der Waals surface area contributed by atoms with Crippen LogP contribution in [0, 0.1) is 11.3 Å². The Kier molecular flexibility index (Phi) is 4.78. The van der Waals surface area contributed by atoms with Gasteiger partial charge in [0.15, 0.2) is 0 Å². The van der Waals surface area contributed by atoms with Gasteiger partial charge in [-0.2, -0.15) is 18.4 Å². The van der Waals surface area contributed by atoms with Gasteiger partial charge in [0.2, 0.25) is 0 Å². The monoisotopic (exact) mass is 194 g/mol. The van der Waals surface area contributed by atoms with Crippen LogP contribution in [0.15, 0.2) is 0 Å². The first-order valence-corrected chi connectivity index (χ1v) is 4.11. The molecule has 1 unspecified atom stereocenters. The normalized spacial score (nSPS) is 14.2. The van der Waals surface area contributed by atoms with E-state index in [0.717, 1.165) is 4.90 Å². The molecule has 0 aliphatic carbocycles. The van der Waals surface area contributed by atoms with Crippen LogP contribution in [0.2, 0.25) is 0 Å². The SMILES string of the molecule is CCCN(CC(F)(F)F)C(C)C#N. The molecule has 0 aromatic heterocycles. The molecule has 1 atom stereocenters. The molecule has 0 heterocycles. The fraction of sp³-hybridized carbons (Fsp3) is 0.875. The summed E-state index contributed by atoms with van der Waals surface area (Å²) in [4.78, 5) is 1.12. The molecule has 0 aromatic carbocycles. The summed E-state index contributed by atoms with van der Waals surface area (Å²) in [6.07, 6.45) is -3.61. The van der Waals surface area contributed by atoms with Crippen molar-refractivity contribution in [3.8, 4) is 6.07 Å². The summed E-state index contributed by atoms with van der Waals surface area (Å²) in [7, 11) is 0. The van der Waals surface area contributed by atoms with E-state index in [1.165, 1.54) is 6.92 Å². The number of nitrogens with zero attached hydrogens (tertiary/aromatic N) is 2. The number of rotatable bonds is 4. The zero-order valence-electron chi connectivity index (χ0n) is 7.73. The van der Waals surface area contributed by atoms with E-state index in [9.17, 15) is 13.2 Å². The van der Waals surface area contributed by atoms with E-state index in [4.69, 9.17) is 5.26 Å². The maximum atomic E-state index is 12.0. The van der Waals surface area contributed by atoms with Gasteiger partial charge in [-0.15, -0.1) is 0 Å². The van der Waals surface area contributed by atoms with E-state index in [1.807, 2.05) is 0 Å². The molecule has 0 aliphatic rings. The third-order valence-corrected chi connectivity index (χ3v) is 1.63.